The average Bonchev–Trinajstić information content (AvgIpc) is 2.54. The first-order valence-corrected chi connectivity index (χ1v) is 6.82. The molecule has 110 valence electrons. The molecule has 2 heterocycles. The Morgan fingerprint density at radius 2 is 2.09 bits per heavy atom. The summed E-state index contributed by atoms with van der Waals surface area (Å²) in [5.41, 5.74) is 1.22. The fourth-order valence-electron chi connectivity index (χ4n) is 2.23. The van der Waals surface area contributed by atoms with Crippen LogP contribution in [0.4, 0.5) is 0 Å². The molecular formula is C17H14N2O3. The minimum absolute atomic E-state index is 0.0979. The maximum atomic E-state index is 12.1. The van der Waals surface area contributed by atoms with Crippen LogP contribution in [0.2, 0.25) is 0 Å². The molecule has 0 aliphatic carbocycles. The van der Waals surface area contributed by atoms with E-state index in [1.165, 1.54) is 0 Å². The molecule has 3 aromatic rings. The molecule has 0 spiro atoms. The Morgan fingerprint density at radius 3 is 2.86 bits per heavy atom. The molecule has 0 bridgehead atoms. The largest absolute Gasteiger partial charge is 0.506 e. The van der Waals surface area contributed by atoms with E-state index in [1.807, 2.05) is 12.1 Å². The Kier molecular flexibility index (Phi) is 3.70. The van der Waals surface area contributed by atoms with Crippen LogP contribution in [0.1, 0.15) is 18.1 Å². The molecule has 0 aliphatic heterocycles. The fraction of sp³-hybridized carbons (Fsp3) is 0.118. The lowest BCUT2D eigenvalue weighted by Crippen LogP contribution is -2.13. The maximum absolute atomic E-state index is 12.1. The first kappa shape index (κ1) is 14.0. The van der Waals surface area contributed by atoms with Crippen LogP contribution in [0.25, 0.3) is 11.0 Å². The number of pyridine rings is 1. The number of aliphatic imine (C=N–C) groups is 1. The highest BCUT2D eigenvalue weighted by Gasteiger charge is 2.15. The van der Waals surface area contributed by atoms with Gasteiger partial charge in [-0.2, -0.15) is 0 Å². The minimum Gasteiger partial charge on any atom is -0.506 e. The number of nitrogens with zero attached hydrogens (tertiary/aromatic N) is 2. The van der Waals surface area contributed by atoms with Gasteiger partial charge in [0.15, 0.2) is 0 Å². The molecule has 2 aromatic heterocycles. The molecule has 3 rings (SSSR count). The third-order valence-corrected chi connectivity index (χ3v) is 3.37. The predicted molar refractivity (Wildman–Crippen MR) is 84.3 cm³/mol. The van der Waals surface area contributed by atoms with E-state index in [0.717, 1.165) is 5.56 Å². The van der Waals surface area contributed by atoms with Gasteiger partial charge in [0.2, 0.25) is 0 Å². The van der Waals surface area contributed by atoms with Gasteiger partial charge in [-0.1, -0.05) is 18.2 Å². The first-order valence-electron chi connectivity index (χ1n) is 6.82. The van der Waals surface area contributed by atoms with Gasteiger partial charge >= 0.3 is 5.63 Å². The van der Waals surface area contributed by atoms with Crippen molar-refractivity contribution in [3.05, 3.63) is 70.3 Å². The maximum Gasteiger partial charge on any atom is 0.349 e. The summed E-state index contributed by atoms with van der Waals surface area (Å²) in [5.74, 6) is -0.0979. The quantitative estimate of drug-likeness (QED) is 0.595. The molecule has 1 aromatic carbocycles. The van der Waals surface area contributed by atoms with E-state index in [9.17, 15) is 9.90 Å². The molecule has 0 aliphatic rings. The van der Waals surface area contributed by atoms with E-state index < -0.39 is 5.63 Å². The summed E-state index contributed by atoms with van der Waals surface area (Å²) in [4.78, 5) is 20.4. The Bertz CT molecular complexity index is 899. The van der Waals surface area contributed by atoms with E-state index in [4.69, 9.17) is 4.42 Å². The van der Waals surface area contributed by atoms with Gasteiger partial charge in [0.05, 0.1) is 17.6 Å². The molecule has 0 atom stereocenters. The second-order valence-electron chi connectivity index (χ2n) is 4.87. The summed E-state index contributed by atoms with van der Waals surface area (Å²) < 4.78 is 5.24. The predicted octanol–water partition coefficient (Wildman–Crippen LogP) is 2.90. The molecular weight excluding hydrogens is 280 g/mol. The molecule has 0 radical (unpaired) electrons. The number of fused-ring (bicyclic) bond motifs is 1. The zero-order valence-electron chi connectivity index (χ0n) is 12.0. The topological polar surface area (TPSA) is 75.7 Å². The van der Waals surface area contributed by atoms with Crippen LogP contribution in [-0.2, 0) is 6.54 Å². The van der Waals surface area contributed by atoms with Crippen molar-refractivity contribution < 1.29 is 9.52 Å². The van der Waals surface area contributed by atoms with E-state index in [-0.39, 0.29) is 11.3 Å². The van der Waals surface area contributed by atoms with Crippen molar-refractivity contribution in [1.82, 2.24) is 4.98 Å². The first-order chi connectivity index (χ1) is 10.7. The van der Waals surface area contributed by atoms with Gasteiger partial charge in [-0.3, -0.25) is 9.98 Å². The number of aromatic hydroxyl groups is 1. The molecule has 0 unspecified atom stereocenters. The summed E-state index contributed by atoms with van der Waals surface area (Å²) in [7, 11) is 0. The SMILES string of the molecule is CC(=NCc1cccnc1)c1c(O)c2ccccc2oc1=O. The summed E-state index contributed by atoms with van der Waals surface area (Å²) in [6.45, 7) is 2.06. The van der Waals surface area contributed by atoms with Gasteiger partial charge in [-0.05, 0) is 30.7 Å². The van der Waals surface area contributed by atoms with Crippen LogP contribution >= 0.6 is 0 Å². The van der Waals surface area contributed by atoms with E-state index >= 15 is 0 Å². The van der Waals surface area contributed by atoms with Crippen molar-refractivity contribution in [2.45, 2.75) is 13.5 Å². The Hall–Kier alpha value is -2.95. The van der Waals surface area contributed by atoms with Crippen molar-refractivity contribution in [2.75, 3.05) is 0 Å². The number of hydrogen-bond donors (Lipinski definition) is 1. The summed E-state index contributed by atoms with van der Waals surface area (Å²) in [6, 6.07) is 10.6. The van der Waals surface area contributed by atoms with Crippen LogP contribution in [0, 0.1) is 0 Å². The third kappa shape index (κ3) is 2.61. The van der Waals surface area contributed by atoms with Crippen molar-refractivity contribution in [2.24, 2.45) is 4.99 Å². The summed E-state index contributed by atoms with van der Waals surface area (Å²) in [5, 5.41) is 10.8. The number of benzene rings is 1. The molecule has 22 heavy (non-hydrogen) atoms. The normalized spacial score (nSPS) is 11.8. The Labute approximate surface area is 126 Å². The van der Waals surface area contributed by atoms with Gasteiger partial charge in [-0.25, -0.2) is 4.79 Å². The van der Waals surface area contributed by atoms with E-state index in [2.05, 4.69) is 9.98 Å². The molecule has 1 N–H and O–H groups in total. The van der Waals surface area contributed by atoms with Gasteiger partial charge in [0.1, 0.15) is 16.9 Å². The minimum atomic E-state index is -0.594. The lowest BCUT2D eigenvalue weighted by Gasteiger charge is -2.06. The number of rotatable bonds is 3. The van der Waals surface area contributed by atoms with Crippen LogP contribution in [0.15, 0.2) is 63.0 Å². The fourth-order valence-corrected chi connectivity index (χ4v) is 2.23. The molecule has 5 nitrogen and oxygen atoms in total. The van der Waals surface area contributed by atoms with Crippen LogP contribution in [0.5, 0.6) is 5.75 Å². The highest BCUT2D eigenvalue weighted by molar-refractivity contribution is 6.04. The van der Waals surface area contributed by atoms with Gasteiger partial charge < -0.3 is 9.52 Å². The van der Waals surface area contributed by atoms with Gasteiger partial charge in [-0.15, -0.1) is 0 Å². The summed E-state index contributed by atoms with van der Waals surface area (Å²) in [6.07, 6.45) is 3.39. The average molecular weight is 294 g/mol. The monoisotopic (exact) mass is 294 g/mol. The zero-order chi connectivity index (χ0) is 15.5. The number of para-hydroxylation sites is 1. The van der Waals surface area contributed by atoms with Gasteiger partial charge in [0.25, 0.3) is 0 Å². The Morgan fingerprint density at radius 1 is 1.27 bits per heavy atom. The lowest BCUT2D eigenvalue weighted by molar-refractivity contribution is 0.466. The van der Waals surface area contributed by atoms with Crippen LogP contribution in [-0.4, -0.2) is 15.8 Å². The second kappa shape index (κ2) is 5.81. The number of aromatic nitrogens is 1. The molecule has 5 heteroatoms. The third-order valence-electron chi connectivity index (χ3n) is 3.37. The van der Waals surface area contributed by atoms with Crippen molar-refractivity contribution in [3.63, 3.8) is 0 Å². The van der Waals surface area contributed by atoms with Crippen LogP contribution < -0.4 is 5.63 Å². The number of hydrogen-bond acceptors (Lipinski definition) is 5. The van der Waals surface area contributed by atoms with Crippen LogP contribution in [0.3, 0.4) is 0 Å². The Balaban J connectivity index is 2.04. The van der Waals surface area contributed by atoms with E-state index in [1.54, 1.807) is 43.6 Å². The highest BCUT2D eigenvalue weighted by Crippen LogP contribution is 2.26. The van der Waals surface area contributed by atoms with Crippen molar-refractivity contribution in [3.8, 4) is 5.75 Å². The summed E-state index contributed by atoms with van der Waals surface area (Å²) >= 11 is 0. The van der Waals surface area contributed by atoms with Crippen molar-refractivity contribution in [1.29, 1.82) is 0 Å². The molecule has 0 amide bonds. The van der Waals surface area contributed by atoms with Crippen molar-refractivity contribution >= 4 is 16.7 Å². The second-order valence-corrected chi connectivity index (χ2v) is 4.87. The molecule has 0 fully saturated rings. The molecule has 0 saturated carbocycles. The zero-order valence-corrected chi connectivity index (χ0v) is 12.0. The lowest BCUT2D eigenvalue weighted by atomic mass is 10.1. The molecule has 0 saturated heterocycles. The van der Waals surface area contributed by atoms with Gasteiger partial charge in [0, 0.05) is 12.4 Å². The highest BCUT2D eigenvalue weighted by atomic mass is 16.4. The van der Waals surface area contributed by atoms with E-state index in [0.29, 0.717) is 23.2 Å². The standard InChI is InChI=1S/C17H14N2O3/c1-11(19-10-12-5-4-8-18-9-12)15-16(20)13-6-2-3-7-14(13)22-17(15)21/h2-9,20H,10H2,1H3. The smallest absolute Gasteiger partial charge is 0.349 e.